The minimum absolute atomic E-state index is 0.0741. The maximum absolute atomic E-state index is 11.9. The minimum Gasteiger partial charge on any atom is -0.361 e. The van der Waals surface area contributed by atoms with Gasteiger partial charge in [-0.25, -0.2) is 9.97 Å². The number of nitrogens with zero attached hydrogens (tertiary/aromatic N) is 7. The van der Waals surface area contributed by atoms with Crippen LogP contribution >= 0.6 is 0 Å². The topological polar surface area (TPSA) is 169 Å². The molecule has 6 aromatic heterocycles. The lowest BCUT2D eigenvalue weighted by atomic mass is 9.90. The third kappa shape index (κ3) is 6.67. The van der Waals surface area contributed by atoms with E-state index < -0.39 is 0 Å². The normalized spacial score (nSPS) is 13.7. The average molecular weight is 833 g/mol. The lowest BCUT2D eigenvalue weighted by molar-refractivity contribution is -0.116. The Morgan fingerprint density at radius 2 is 1.43 bits per heavy atom. The summed E-state index contributed by atoms with van der Waals surface area (Å²) in [5.41, 5.74) is 19.3. The van der Waals surface area contributed by atoms with E-state index in [1.54, 1.807) is 4.68 Å². The van der Waals surface area contributed by atoms with Crippen LogP contribution in [0.4, 0.5) is 5.69 Å². The summed E-state index contributed by atoms with van der Waals surface area (Å²) >= 11 is 0. The molecule has 1 amide bonds. The number of rotatable bonds is 6. The summed E-state index contributed by atoms with van der Waals surface area (Å²) in [7, 11) is 1.90. The second-order valence-corrected chi connectivity index (χ2v) is 16.8. The van der Waals surface area contributed by atoms with Gasteiger partial charge in [-0.05, 0) is 130 Å². The highest BCUT2D eigenvalue weighted by molar-refractivity contribution is 6.06. The van der Waals surface area contributed by atoms with Crippen LogP contribution in [-0.4, -0.2) is 50.9 Å². The van der Waals surface area contributed by atoms with Gasteiger partial charge in [-0.1, -0.05) is 34.6 Å². The molecule has 13 heteroatoms. The maximum atomic E-state index is 11.9. The van der Waals surface area contributed by atoms with Gasteiger partial charge in [0.1, 0.15) is 23.2 Å². The Morgan fingerprint density at radius 3 is 2.11 bits per heavy atom. The molecule has 0 saturated heterocycles. The second-order valence-electron chi connectivity index (χ2n) is 16.8. The Kier molecular flexibility index (Phi) is 8.96. The van der Waals surface area contributed by atoms with Gasteiger partial charge in [0.2, 0.25) is 5.91 Å². The quantitative estimate of drug-likeness (QED) is 0.148. The molecule has 63 heavy (non-hydrogen) atoms. The molecule has 0 atom stereocenters. The van der Waals surface area contributed by atoms with E-state index in [9.17, 15) is 4.79 Å². The summed E-state index contributed by atoms with van der Waals surface area (Å²) in [5, 5.41) is 16.8. The van der Waals surface area contributed by atoms with Gasteiger partial charge in [0.25, 0.3) is 0 Å². The van der Waals surface area contributed by atoms with Crippen molar-refractivity contribution in [2.24, 2.45) is 7.05 Å². The number of hydrogen-bond acceptors (Lipinski definition) is 9. The van der Waals surface area contributed by atoms with E-state index in [1.807, 2.05) is 71.5 Å². The fourth-order valence-corrected chi connectivity index (χ4v) is 9.26. The zero-order chi connectivity index (χ0) is 43.1. The molecule has 1 aliphatic heterocycles. The van der Waals surface area contributed by atoms with Crippen LogP contribution in [-0.2, 0) is 18.3 Å². The molecule has 1 saturated carbocycles. The first-order chi connectivity index (χ1) is 30.6. The summed E-state index contributed by atoms with van der Waals surface area (Å²) < 4.78 is 12.7. The van der Waals surface area contributed by atoms with Crippen LogP contribution < -0.4 is 5.32 Å². The van der Waals surface area contributed by atoms with Crippen molar-refractivity contribution >= 4 is 44.6 Å². The molecule has 1 fully saturated rings. The van der Waals surface area contributed by atoms with Crippen molar-refractivity contribution < 1.29 is 13.8 Å². The number of anilines is 1. The first kappa shape index (κ1) is 38.3. The number of carbonyl (C=O) groups excluding carboxylic acids is 1. The fourth-order valence-electron chi connectivity index (χ4n) is 9.26. The number of nitrogens with one attached hydrogen (secondary N) is 3. The van der Waals surface area contributed by atoms with Gasteiger partial charge in [-0.15, -0.1) is 0 Å². The van der Waals surface area contributed by atoms with Crippen molar-refractivity contribution in [3.05, 3.63) is 125 Å². The number of fused-ring (bicyclic) bond motifs is 4. The Morgan fingerprint density at radius 1 is 0.714 bits per heavy atom. The second kappa shape index (κ2) is 14.8. The molecule has 0 unspecified atom stereocenters. The van der Waals surface area contributed by atoms with Crippen molar-refractivity contribution in [2.45, 2.75) is 66.2 Å². The molecule has 0 spiro atoms. The van der Waals surface area contributed by atoms with Crippen LogP contribution in [0.3, 0.4) is 0 Å². The minimum atomic E-state index is 0.0741. The SMILES string of the molecule is Cc1ccc2ncccc2c1-c1cc(-c2c(C)noc2C)cc2[nH]c(-c3cnn(C)c3)nc12.Cc1noc(C)c1-c1cc(-c2cccc3c2CCC(=O)N3)c2nc(C3CC3)[nH]c2c1. The third-order valence-electron chi connectivity index (χ3n) is 12.4. The van der Waals surface area contributed by atoms with E-state index in [-0.39, 0.29) is 5.91 Å². The smallest absolute Gasteiger partial charge is 0.224 e. The number of aryl methyl sites for hydroxylation is 6. The number of hydrogen-bond donors (Lipinski definition) is 3. The molecule has 0 bridgehead atoms. The van der Waals surface area contributed by atoms with Crippen LogP contribution in [0, 0.1) is 34.6 Å². The summed E-state index contributed by atoms with van der Waals surface area (Å²) in [4.78, 5) is 33.6. The predicted molar refractivity (Wildman–Crippen MR) is 244 cm³/mol. The Hall–Kier alpha value is -7.67. The summed E-state index contributed by atoms with van der Waals surface area (Å²) in [5.74, 6) is 4.07. The lowest BCUT2D eigenvalue weighted by Crippen LogP contribution is -2.19. The average Bonchev–Trinajstić information content (AvgIpc) is 3.60. The number of H-pyrrole nitrogens is 2. The van der Waals surface area contributed by atoms with E-state index >= 15 is 0 Å². The van der Waals surface area contributed by atoms with Gasteiger partial charge in [-0.3, -0.25) is 14.5 Å². The molecular weight excluding hydrogens is 789 g/mol. The molecule has 2 aliphatic rings. The number of amides is 1. The zero-order valence-electron chi connectivity index (χ0n) is 35.8. The largest absolute Gasteiger partial charge is 0.361 e. The molecular formula is C50H44N10O3. The van der Waals surface area contributed by atoms with Gasteiger partial charge in [0.05, 0.1) is 50.7 Å². The Balaban J connectivity index is 0.000000142. The van der Waals surface area contributed by atoms with E-state index in [4.69, 9.17) is 19.0 Å². The Bertz CT molecular complexity index is 3410. The monoisotopic (exact) mass is 832 g/mol. The van der Waals surface area contributed by atoms with Crippen molar-refractivity contribution in [2.75, 3.05) is 5.32 Å². The van der Waals surface area contributed by atoms with Crippen molar-refractivity contribution in [3.8, 4) is 55.9 Å². The highest BCUT2D eigenvalue weighted by atomic mass is 16.5. The van der Waals surface area contributed by atoms with Crippen LogP contribution in [0.2, 0.25) is 0 Å². The van der Waals surface area contributed by atoms with Crippen LogP contribution in [0.15, 0.2) is 94.4 Å². The van der Waals surface area contributed by atoms with E-state index in [0.29, 0.717) is 12.3 Å². The standard InChI is InChI=1S/C26H22N6O.C24H22N4O2/c1-14-7-8-21-19(6-5-9-27-21)23(14)20-10-17(24-15(2)31-33-16(24)3)11-22-25(20)30-26(29-22)18-12-28-32(4)13-18;1-12-22(13(2)30-28-12)15-10-18(23-20(11-15)26-24(27-23)14-6-7-14)16-4-3-5-19-17(16)8-9-21(29)25-19/h5-13H,1-4H3,(H,29,30);3-5,10-11,14H,6-9H2,1-2H3,(H,25,29)(H,26,27). The molecule has 7 heterocycles. The van der Waals surface area contributed by atoms with Crippen LogP contribution in [0.5, 0.6) is 0 Å². The van der Waals surface area contributed by atoms with Crippen LogP contribution in [0.1, 0.15) is 65.0 Å². The van der Waals surface area contributed by atoms with E-state index in [2.05, 4.69) is 91.1 Å². The van der Waals surface area contributed by atoms with Crippen molar-refractivity contribution in [1.82, 2.24) is 45.0 Å². The number of aromatic nitrogens is 9. The molecule has 0 radical (unpaired) electrons. The summed E-state index contributed by atoms with van der Waals surface area (Å²) in [6, 6.07) is 23.1. The number of carbonyl (C=O) groups is 1. The third-order valence-corrected chi connectivity index (χ3v) is 12.4. The van der Waals surface area contributed by atoms with Crippen molar-refractivity contribution in [1.29, 1.82) is 0 Å². The first-order valence-electron chi connectivity index (χ1n) is 21.3. The van der Waals surface area contributed by atoms with Gasteiger partial charge in [0, 0.05) is 65.1 Å². The lowest BCUT2D eigenvalue weighted by Gasteiger charge is -2.20. The molecule has 12 rings (SSSR count). The van der Waals surface area contributed by atoms with Gasteiger partial charge in [-0.2, -0.15) is 5.10 Å². The summed E-state index contributed by atoms with van der Waals surface area (Å²) in [6.45, 7) is 9.96. The number of benzene rings is 4. The number of aromatic amines is 2. The fraction of sp³-hybridized carbons (Fsp3) is 0.220. The Labute approximate surface area is 362 Å². The molecule has 1 aliphatic carbocycles. The summed E-state index contributed by atoms with van der Waals surface area (Å²) in [6.07, 6.45) is 9.22. The van der Waals surface area contributed by atoms with Gasteiger partial charge >= 0.3 is 0 Å². The van der Waals surface area contributed by atoms with Crippen molar-refractivity contribution in [3.63, 3.8) is 0 Å². The molecule has 3 N–H and O–H groups in total. The van der Waals surface area contributed by atoms with Gasteiger partial charge in [0.15, 0.2) is 0 Å². The molecule has 4 aromatic carbocycles. The predicted octanol–water partition coefficient (Wildman–Crippen LogP) is 11.0. The first-order valence-corrected chi connectivity index (χ1v) is 21.3. The molecule has 13 nitrogen and oxygen atoms in total. The van der Waals surface area contributed by atoms with Crippen LogP contribution in [0.25, 0.3) is 88.9 Å². The number of pyridine rings is 1. The zero-order valence-corrected chi connectivity index (χ0v) is 35.8. The molecule has 10 aromatic rings. The maximum Gasteiger partial charge on any atom is 0.224 e. The highest BCUT2D eigenvalue weighted by Gasteiger charge is 2.29. The highest BCUT2D eigenvalue weighted by Crippen LogP contribution is 2.44. The molecule has 312 valence electrons. The van der Waals surface area contributed by atoms with E-state index in [1.165, 1.54) is 24.0 Å². The van der Waals surface area contributed by atoms with Gasteiger partial charge < -0.3 is 24.3 Å². The van der Waals surface area contributed by atoms with E-state index in [0.717, 1.165) is 130 Å². The number of imidazole rings is 2.